The van der Waals surface area contributed by atoms with Crippen LogP contribution in [-0.2, 0) is 16.9 Å². The number of carboxylic acids is 1. The van der Waals surface area contributed by atoms with Crippen LogP contribution in [0, 0.1) is 11.7 Å². The quantitative estimate of drug-likeness (QED) is 0.703. The Bertz CT molecular complexity index is 796. The Labute approximate surface area is 164 Å². The Morgan fingerprint density at radius 2 is 1.64 bits per heavy atom. The Morgan fingerprint density at radius 3 is 2.07 bits per heavy atom. The molecule has 0 atom stereocenters. The highest BCUT2D eigenvalue weighted by Crippen LogP contribution is 2.45. The van der Waals surface area contributed by atoms with Crippen LogP contribution in [-0.4, -0.2) is 22.1 Å². The van der Waals surface area contributed by atoms with Gasteiger partial charge in [-0.2, -0.15) is 0 Å². The van der Waals surface area contributed by atoms with Crippen LogP contribution in [0.3, 0.4) is 0 Å². The minimum atomic E-state index is -0.930. The summed E-state index contributed by atoms with van der Waals surface area (Å²) in [5, 5.41) is 20.5. The molecule has 1 aliphatic carbocycles. The first-order valence-electron chi connectivity index (χ1n) is 9.26. The van der Waals surface area contributed by atoms with Crippen LogP contribution >= 0.6 is 0 Å². The molecular weight excluding hydrogens is 361 g/mol. The summed E-state index contributed by atoms with van der Waals surface area (Å²) >= 11 is 0. The van der Waals surface area contributed by atoms with Gasteiger partial charge < -0.3 is 15.5 Å². The van der Waals surface area contributed by atoms with E-state index in [-0.39, 0.29) is 29.4 Å². The second-order valence-corrected chi connectivity index (χ2v) is 7.40. The number of aliphatic hydroxyl groups excluding tert-OH is 1. The lowest BCUT2D eigenvalue weighted by Crippen LogP contribution is -2.35. The second-order valence-electron chi connectivity index (χ2n) is 7.40. The second kappa shape index (κ2) is 9.46. The molecule has 1 saturated carbocycles. The molecule has 0 heterocycles. The first-order chi connectivity index (χ1) is 13.3. The molecule has 0 aromatic heterocycles. The third-order valence-corrected chi connectivity index (χ3v) is 4.50. The molecule has 1 fully saturated rings. The molecule has 0 bridgehead atoms. The number of halogens is 1. The molecule has 0 spiro atoms. The number of hydrogen-bond acceptors (Lipinski definition) is 3. The van der Waals surface area contributed by atoms with Gasteiger partial charge in [0.2, 0.25) is 5.91 Å². The number of carbonyl (C=O) groups excluding carboxylic acids is 1. The third kappa shape index (κ3) is 6.16. The molecule has 28 heavy (non-hydrogen) atoms. The summed E-state index contributed by atoms with van der Waals surface area (Å²) in [7, 11) is 0. The highest BCUT2D eigenvalue weighted by Gasteiger charge is 2.45. The maximum atomic E-state index is 12.1. The normalized spacial score (nSPS) is 14.0. The predicted octanol–water partition coefficient (Wildman–Crippen LogP) is 3.85. The zero-order valence-electron chi connectivity index (χ0n) is 16.1. The van der Waals surface area contributed by atoms with Gasteiger partial charge in [0.1, 0.15) is 5.82 Å². The van der Waals surface area contributed by atoms with E-state index in [2.05, 4.69) is 5.32 Å². The average molecular weight is 387 g/mol. The fourth-order valence-electron chi connectivity index (χ4n) is 2.82. The van der Waals surface area contributed by atoms with Gasteiger partial charge in [0.15, 0.2) is 0 Å². The van der Waals surface area contributed by atoms with Crippen molar-refractivity contribution in [3.63, 3.8) is 0 Å². The number of aliphatic hydroxyl groups is 1. The lowest BCUT2D eigenvalue weighted by Gasteiger charge is -2.19. The highest BCUT2D eigenvalue weighted by atomic mass is 19.1. The maximum Gasteiger partial charge on any atom is 0.335 e. The van der Waals surface area contributed by atoms with E-state index in [4.69, 9.17) is 10.2 Å². The molecular formula is C22H26FNO4. The number of hydrogen-bond donors (Lipinski definition) is 3. The fourth-order valence-corrected chi connectivity index (χ4v) is 2.82. The minimum Gasteiger partial charge on any atom is -0.478 e. The van der Waals surface area contributed by atoms with Crippen molar-refractivity contribution in [3.8, 4) is 0 Å². The first kappa shape index (κ1) is 21.6. The molecule has 150 valence electrons. The van der Waals surface area contributed by atoms with E-state index in [1.165, 1.54) is 12.1 Å². The Morgan fingerprint density at radius 1 is 1.07 bits per heavy atom. The van der Waals surface area contributed by atoms with E-state index >= 15 is 0 Å². The lowest BCUT2D eigenvalue weighted by atomic mass is 10.0. The van der Waals surface area contributed by atoms with E-state index in [9.17, 15) is 14.0 Å². The third-order valence-electron chi connectivity index (χ3n) is 4.50. The smallest absolute Gasteiger partial charge is 0.335 e. The molecule has 0 saturated heterocycles. The summed E-state index contributed by atoms with van der Waals surface area (Å²) < 4.78 is 12.1. The number of amides is 1. The Hall–Kier alpha value is -2.73. The summed E-state index contributed by atoms with van der Waals surface area (Å²) in [5.74, 6) is -0.799. The summed E-state index contributed by atoms with van der Waals surface area (Å²) in [5.41, 5.74) is 1.74. The van der Waals surface area contributed by atoms with Crippen molar-refractivity contribution in [1.82, 2.24) is 5.32 Å². The van der Waals surface area contributed by atoms with Gasteiger partial charge in [0, 0.05) is 6.42 Å². The largest absolute Gasteiger partial charge is 0.478 e. The average Bonchev–Trinajstić information content (AvgIpc) is 3.43. The number of carbonyl (C=O) groups is 2. The van der Waals surface area contributed by atoms with Crippen molar-refractivity contribution in [1.29, 1.82) is 0 Å². The van der Waals surface area contributed by atoms with Crippen LogP contribution in [0.5, 0.6) is 0 Å². The summed E-state index contributed by atoms with van der Waals surface area (Å²) in [6.45, 7) is 4.00. The van der Waals surface area contributed by atoms with Gasteiger partial charge in [-0.3, -0.25) is 4.79 Å². The molecule has 5 nitrogen and oxygen atoms in total. The highest BCUT2D eigenvalue weighted by molar-refractivity contribution is 5.87. The van der Waals surface area contributed by atoms with Crippen LogP contribution < -0.4 is 5.32 Å². The van der Waals surface area contributed by atoms with Gasteiger partial charge in [0.25, 0.3) is 0 Å². The standard InChI is InChI=1S/C15H19NO3.C7H7FO/c1-10(2)9-13(17)16-15(7-8-15)12-5-3-11(4-6-12)14(18)19;8-7-3-1-6(5-9)2-4-7/h3-6,10H,7-9H2,1-2H3,(H,16,17)(H,18,19);1-4,9H,5H2. The molecule has 3 rings (SSSR count). The van der Waals surface area contributed by atoms with Crippen molar-refractivity contribution < 1.29 is 24.2 Å². The van der Waals surface area contributed by atoms with E-state index in [1.54, 1.807) is 36.4 Å². The monoisotopic (exact) mass is 387 g/mol. The van der Waals surface area contributed by atoms with Crippen LogP contribution in [0.2, 0.25) is 0 Å². The van der Waals surface area contributed by atoms with Crippen molar-refractivity contribution in [3.05, 3.63) is 71.0 Å². The van der Waals surface area contributed by atoms with Gasteiger partial charge in [0.05, 0.1) is 17.7 Å². The van der Waals surface area contributed by atoms with Gasteiger partial charge >= 0.3 is 5.97 Å². The summed E-state index contributed by atoms with van der Waals surface area (Å²) in [6, 6.07) is 12.5. The molecule has 0 radical (unpaired) electrons. The zero-order chi connectivity index (χ0) is 20.7. The van der Waals surface area contributed by atoms with Crippen LogP contribution in [0.15, 0.2) is 48.5 Å². The minimum absolute atomic E-state index is 0.0275. The molecule has 1 aliphatic rings. The van der Waals surface area contributed by atoms with Crippen LogP contribution in [0.25, 0.3) is 0 Å². The fraction of sp³-hybridized carbons (Fsp3) is 0.364. The van der Waals surface area contributed by atoms with E-state index in [1.807, 2.05) is 13.8 Å². The number of rotatable bonds is 6. The van der Waals surface area contributed by atoms with Gasteiger partial charge in [-0.15, -0.1) is 0 Å². The van der Waals surface area contributed by atoms with Crippen LogP contribution in [0.4, 0.5) is 4.39 Å². The van der Waals surface area contributed by atoms with Crippen molar-refractivity contribution in [2.75, 3.05) is 0 Å². The van der Waals surface area contributed by atoms with Gasteiger partial charge in [-0.1, -0.05) is 38.1 Å². The molecule has 1 amide bonds. The zero-order valence-corrected chi connectivity index (χ0v) is 16.1. The number of aromatic carboxylic acids is 1. The first-order valence-corrected chi connectivity index (χ1v) is 9.26. The molecule has 3 N–H and O–H groups in total. The molecule has 2 aromatic rings. The van der Waals surface area contributed by atoms with Crippen molar-refractivity contribution in [2.24, 2.45) is 5.92 Å². The molecule has 6 heteroatoms. The number of carboxylic acid groups (broad SMARTS) is 1. The Kier molecular flexibility index (Phi) is 7.29. The maximum absolute atomic E-state index is 12.1. The molecule has 0 aliphatic heterocycles. The van der Waals surface area contributed by atoms with Crippen molar-refractivity contribution >= 4 is 11.9 Å². The SMILES string of the molecule is CC(C)CC(=O)NC1(c2ccc(C(=O)O)cc2)CC1.OCc1ccc(F)cc1. The van der Waals surface area contributed by atoms with Crippen LogP contribution in [0.1, 0.15) is 54.6 Å². The topological polar surface area (TPSA) is 86.6 Å². The van der Waals surface area contributed by atoms with E-state index < -0.39 is 5.97 Å². The summed E-state index contributed by atoms with van der Waals surface area (Å²) in [4.78, 5) is 22.7. The summed E-state index contributed by atoms with van der Waals surface area (Å²) in [6.07, 6.45) is 2.36. The van der Waals surface area contributed by atoms with E-state index in [0.29, 0.717) is 12.3 Å². The number of nitrogens with one attached hydrogen (secondary N) is 1. The van der Waals surface area contributed by atoms with Gasteiger partial charge in [-0.25, -0.2) is 9.18 Å². The number of benzene rings is 2. The van der Waals surface area contributed by atoms with E-state index in [0.717, 1.165) is 24.0 Å². The Balaban J connectivity index is 0.000000261. The van der Waals surface area contributed by atoms with Crippen molar-refractivity contribution in [2.45, 2.75) is 45.3 Å². The van der Waals surface area contributed by atoms with Gasteiger partial charge in [-0.05, 0) is 54.2 Å². The molecule has 0 unspecified atom stereocenters. The lowest BCUT2D eigenvalue weighted by molar-refractivity contribution is -0.122. The predicted molar refractivity (Wildman–Crippen MR) is 104 cm³/mol. The molecule has 2 aromatic carbocycles.